The van der Waals surface area contributed by atoms with Crippen molar-refractivity contribution in [1.82, 2.24) is 9.88 Å². The molecule has 0 saturated carbocycles. The van der Waals surface area contributed by atoms with Gasteiger partial charge in [-0.3, -0.25) is 10.1 Å². The average Bonchev–Trinajstić information content (AvgIpc) is 3.55. The molecule has 3 aromatic rings. The normalized spacial score (nSPS) is 16.8. The number of nitrogens with zero attached hydrogens (tertiary/aromatic N) is 2. The van der Waals surface area contributed by atoms with E-state index in [-0.39, 0.29) is 22.5 Å². The summed E-state index contributed by atoms with van der Waals surface area (Å²) in [5.74, 6) is -1.46. The molecule has 1 aliphatic carbocycles. The van der Waals surface area contributed by atoms with Crippen molar-refractivity contribution in [2.45, 2.75) is 24.8 Å². The predicted octanol–water partition coefficient (Wildman–Crippen LogP) is 4.19. The largest absolute Gasteiger partial charge is 0.480 e. The third-order valence-corrected chi connectivity index (χ3v) is 6.97. The van der Waals surface area contributed by atoms with Gasteiger partial charge >= 0.3 is 12.1 Å². The second kappa shape index (κ2) is 8.67. The molecular formula is C24H21N3O5S. The summed E-state index contributed by atoms with van der Waals surface area (Å²) >= 11 is 0.998. The number of aliphatic carboxylic acids is 1. The number of benzene rings is 2. The van der Waals surface area contributed by atoms with E-state index in [0.717, 1.165) is 33.6 Å². The van der Waals surface area contributed by atoms with Crippen molar-refractivity contribution >= 4 is 34.4 Å². The molecule has 9 heteroatoms. The molecule has 1 saturated heterocycles. The van der Waals surface area contributed by atoms with Crippen molar-refractivity contribution in [3.63, 3.8) is 0 Å². The van der Waals surface area contributed by atoms with Crippen molar-refractivity contribution in [2.24, 2.45) is 0 Å². The highest BCUT2D eigenvalue weighted by Crippen LogP contribution is 2.44. The summed E-state index contributed by atoms with van der Waals surface area (Å²) in [5, 5.41) is 12.1. The number of fused-ring (bicyclic) bond motifs is 3. The maximum Gasteiger partial charge on any atom is 0.413 e. The van der Waals surface area contributed by atoms with Gasteiger partial charge in [-0.1, -0.05) is 59.9 Å². The lowest BCUT2D eigenvalue weighted by Gasteiger charge is -2.20. The number of rotatable bonds is 5. The molecule has 1 aromatic heterocycles. The SMILES string of the molecule is O=C(Nc1ncc(C(=O)N2CCC[C@@H]2C(=O)O)s1)OCC1c2ccccc2-c2ccccc21. The van der Waals surface area contributed by atoms with Gasteiger partial charge in [-0.15, -0.1) is 0 Å². The molecule has 5 rings (SSSR count). The molecule has 2 N–H and O–H groups in total. The molecule has 1 atom stereocenters. The fraction of sp³-hybridized carbons (Fsp3) is 0.250. The van der Waals surface area contributed by atoms with Crippen LogP contribution in [0.25, 0.3) is 11.1 Å². The number of ether oxygens (including phenoxy) is 1. The quantitative estimate of drug-likeness (QED) is 0.587. The van der Waals surface area contributed by atoms with Crippen LogP contribution in [0.4, 0.5) is 9.93 Å². The minimum Gasteiger partial charge on any atom is -0.480 e. The molecule has 8 nitrogen and oxygen atoms in total. The zero-order valence-corrected chi connectivity index (χ0v) is 18.4. The number of likely N-dealkylation sites (tertiary alicyclic amines) is 1. The molecule has 0 bridgehead atoms. The van der Waals surface area contributed by atoms with Crippen LogP contribution in [0.5, 0.6) is 0 Å². The highest BCUT2D eigenvalue weighted by molar-refractivity contribution is 7.17. The third kappa shape index (κ3) is 3.95. The highest BCUT2D eigenvalue weighted by Gasteiger charge is 2.35. The molecule has 33 heavy (non-hydrogen) atoms. The smallest absolute Gasteiger partial charge is 0.413 e. The molecule has 1 aliphatic heterocycles. The van der Waals surface area contributed by atoms with E-state index >= 15 is 0 Å². The van der Waals surface area contributed by atoms with Gasteiger partial charge in [0.25, 0.3) is 5.91 Å². The van der Waals surface area contributed by atoms with Gasteiger partial charge in [0.05, 0.1) is 6.20 Å². The molecule has 0 spiro atoms. The number of amides is 2. The second-order valence-electron chi connectivity index (χ2n) is 7.98. The van der Waals surface area contributed by atoms with Gasteiger partial charge in [0.1, 0.15) is 17.5 Å². The van der Waals surface area contributed by atoms with Crippen LogP contribution < -0.4 is 5.32 Å². The Morgan fingerprint density at radius 1 is 1.09 bits per heavy atom. The van der Waals surface area contributed by atoms with Crippen LogP contribution in [0.2, 0.25) is 0 Å². The van der Waals surface area contributed by atoms with E-state index in [4.69, 9.17) is 4.74 Å². The van der Waals surface area contributed by atoms with Crippen LogP contribution in [0.3, 0.4) is 0 Å². The third-order valence-electron chi connectivity index (χ3n) is 6.07. The lowest BCUT2D eigenvalue weighted by atomic mass is 9.98. The molecule has 2 aliphatic rings. The monoisotopic (exact) mass is 463 g/mol. The Bertz CT molecular complexity index is 1190. The first-order valence-electron chi connectivity index (χ1n) is 10.6. The van der Waals surface area contributed by atoms with Crippen LogP contribution >= 0.6 is 11.3 Å². The van der Waals surface area contributed by atoms with Crippen molar-refractivity contribution < 1.29 is 24.2 Å². The Morgan fingerprint density at radius 2 is 1.76 bits per heavy atom. The van der Waals surface area contributed by atoms with Crippen molar-refractivity contribution in [3.8, 4) is 11.1 Å². The summed E-state index contributed by atoms with van der Waals surface area (Å²) < 4.78 is 5.51. The van der Waals surface area contributed by atoms with E-state index < -0.39 is 24.0 Å². The molecule has 1 fully saturated rings. The summed E-state index contributed by atoms with van der Waals surface area (Å²) in [6.07, 6.45) is 1.77. The van der Waals surface area contributed by atoms with Crippen LogP contribution in [0.1, 0.15) is 39.6 Å². The maximum absolute atomic E-state index is 12.7. The molecule has 2 aromatic carbocycles. The Labute approximate surface area is 193 Å². The maximum atomic E-state index is 12.7. The summed E-state index contributed by atoms with van der Waals surface area (Å²) in [6, 6.07) is 15.3. The number of carboxylic acid groups (broad SMARTS) is 1. The van der Waals surface area contributed by atoms with Crippen molar-refractivity contribution in [2.75, 3.05) is 18.5 Å². The van der Waals surface area contributed by atoms with Gasteiger partial charge in [-0.2, -0.15) is 0 Å². The van der Waals surface area contributed by atoms with Gasteiger partial charge in [0, 0.05) is 12.5 Å². The average molecular weight is 464 g/mol. The Kier molecular flexibility index (Phi) is 5.55. The minimum atomic E-state index is -1.01. The minimum absolute atomic E-state index is 0.0558. The molecule has 2 amide bonds. The van der Waals surface area contributed by atoms with Gasteiger partial charge in [0.2, 0.25) is 0 Å². The number of carbonyl (C=O) groups excluding carboxylic acids is 2. The fourth-order valence-electron chi connectivity index (χ4n) is 4.56. The summed E-state index contributed by atoms with van der Waals surface area (Å²) in [6.45, 7) is 0.563. The zero-order valence-electron chi connectivity index (χ0n) is 17.6. The Hall–Kier alpha value is -3.72. The number of carboxylic acids is 1. The number of hydrogen-bond donors (Lipinski definition) is 2. The van der Waals surface area contributed by atoms with Crippen molar-refractivity contribution in [1.29, 1.82) is 0 Å². The first-order chi connectivity index (χ1) is 16.0. The van der Waals surface area contributed by atoms with E-state index in [1.54, 1.807) is 0 Å². The van der Waals surface area contributed by atoms with Crippen LogP contribution in [-0.4, -0.2) is 52.2 Å². The van der Waals surface area contributed by atoms with Gasteiger partial charge in [-0.25, -0.2) is 14.6 Å². The summed E-state index contributed by atoms with van der Waals surface area (Å²) in [4.78, 5) is 42.2. The number of thiazole rings is 1. The fourth-order valence-corrected chi connectivity index (χ4v) is 5.32. The van der Waals surface area contributed by atoms with Gasteiger partial charge < -0.3 is 14.7 Å². The van der Waals surface area contributed by atoms with E-state index in [0.29, 0.717) is 19.4 Å². The molecular weight excluding hydrogens is 442 g/mol. The molecule has 168 valence electrons. The molecule has 2 heterocycles. The number of carbonyl (C=O) groups is 3. The number of nitrogens with one attached hydrogen (secondary N) is 1. The first kappa shape index (κ1) is 21.1. The van der Waals surface area contributed by atoms with Crippen LogP contribution in [0, 0.1) is 0 Å². The first-order valence-corrected chi connectivity index (χ1v) is 11.5. The number of hydrogen-bond acceptors (Lipinski definition) is 6. The van der Waals surface area contributed by atoms with E-state index in [1.807, 2.05) is 36.4 Å². The lowest BCUT2D eigenvalue weighted by Crippen LogP contribution is -2.40. The second-order valence-corrected chi connectivity index (χ2v) is 9.01. The number of aromatic nitrogens is 1. The Morgan fingerprint density at radius 3 is 2.42 bits per heavy atom. The summed E-state index contributed by atoms with van der Waals surface area (Å²) in [7, 11) is 0. The number of anilines is 1. The van der Waals surface area contributed by atoms with Crippen LogP contribution in [-0.2, 0) is 9.53 Å². The zero-order chi connectivity index (χ0) is 22.9. The molecule has 0 radical (unpaired) electrons. The predicted molar refractivity (Wildman–Crippen MR) is 122 cm³/mol. The molecule has 0 unspecified atom stereocenters. The Balaban J connectivity index is 1.23. The van der Waals surface area contributed by atoms with E-state index in [1.165, 1.54) is 11.1 Å². The van der Waals surface area contributed by atoms with E-state index in [9.17, 15) is 19.5 Å². The summed E-state index contributed by atoms with van der Waals surface area (Å²) in [5.41, 5.74) is 4.53. The topological polar surface area (TPSA) is 109 Å². The highest BCUT2D eigenvalue weighted by atomic mass is 32.1. The lowest BCUT2D eigenvalue weighted by molar-refractivity contribution is -0.141. The standard InChI is InChI=1S/C24H21N3O5S/c28-21(27-11-5-10-19(27)22(29)30)20-12-25-23(33-20)26-24(31)32-13-18-16-8-3-1-6-14(16)15-7-2-4-9-17(15)18/h1-4,6-9,12,18-19H,5,10-11,13H2,(H,29,30)(H,25,26,31)/t19-/m1/s1. The van der Waals surface area contributed by atoms with Crippen molar-refractivity contribution in [3.05, 3.63) is 70.7 Å². The van der Waals surface area contributed by atoms with Gasteiger partial charge in [0.15, 0.2) is 5.13 Å². The van der Waals surface area contributed by atoms with Crippen LogP contribution in [0.15, 0.2) is 54.7 Å². The van der Waals surface area contributed by atoms with E-state index in [2.05, 4.69) is 22.4 Å². The van der Waals surface area contributed by atoms with Gasteiger partial charge in [-0.05, 0) is 35.1 Å².